The molecule has 1 saturated heterocycles. The number of ether oxygens (including phenoxy) is 1. The highest BCUT2D eigenvalue weighted by atomic mass is 32.2. The molecule has 146 valence electrons. The maximum absolute atomic E-state index is 12.5. The van der Waals surface area contributed by atoms with E-state index < -0.39 is 10.0 Å². The number of morpholine rings is 1. The summed E-state index contributed by atoms with van der Waals surface area (Å²) in [4.78, 5) is 18.2. The van der Waals surface area contributed by atoms with E-state index in [0.29, 0.717) is 32.1 Å². The summed E-state index contributed by atoms with van der Waals surface area (Å²) >= 11 is 0.924. The highest BCUT2D eigenvalue weighted by molar-refractivity contribution is 7.93. The van der Waals surface area contributed by atoms with Gasteiger partial charge >= 0.3 is 0 Å². The lowest BCUT2D eigenvalue weighted by molar-refractivity contribution is -0.134. The molecule has 1 aromatic carbocycles. The number of carbonyl (C=O) groups is 1. The third-order valence-corrected chi connectivity index (χ3v) is 6.29. The first-order valence-corrected chi connectivity index (χ1v) is 11.0. The van der Waals surface area contributed by atoms with Crippen molar-refractivity contribution < 1.29 is 17.9 Å². The van der Waals surface area contributed by atoms with Gasteiger partial charge in [0.2, 0.25) is 11.0 Å². The van der Waals surface area contributed by atoms with E-state index in [-0.39, 0.29) is 22.4 Å². The van der Waals surface area contributed by atoms with E-state index >= 15 is 0 Å². The summed E-state index contributed by atoms with van der Waals surface area (Å²) < 4.78 is 36.7. The summed E-state index contributed by atoms with van der Waals surface area (Å²) in [6, 6.07) is 6.78. The molecule has 27 heavy (non-hydrogen) atoms. The molecule has 1 aliphatic heterocycles. The highest BCUT2D eigenvalue weighted by Gasteiger charge is 2.21. The monoisotopic (exact) mass is 410 g/mol. The van der Waals surface area contributed by atoms with Crippen LogP contribution in [0.3, 0.4) is 0 Å². The van der Waals surface area contributed by atoms with Crippen molar-refractivity contribution in [3.05, 3.63) is 35.7 Å². The van der Waals surface area contributed by atoms with Crippen molar-refractivity contribution in [3.63, 3.8) is 0 Å². The van der Waals surface area contributed by atoms with Crippen LogP contribution < -0.4 is 4.72 Å². The summed E-state index contributed by atoms with van der Waals surface area (Å²) in [7, 11) is -3.73. The van der Waals surface area contributed by atoms with E-state index in [2.05, 4.69) is 21.0 Å². The van der Waals surface area contributed by atoms with Crippen molar-refractivity contribution >= 4 is 32.6 Å². The van der Waals surface area contributed by atoms with Gasteiger partial charge in [-0.2, -0.15) is 4.37 Å². The van der Waals surface area contributed by atoms with Gasteiger partial charge in [0.05, 0.1) is 24.5 Å². The van der Waals surface area contributed by atoms with Crippen LogP contribution >= 0.6 is 11.5 Å². The number of nitrogens with one attached hydrogen (secondary N) is 1. The number of aryl methyl sites for hydroxylation is 1. The maximum Gasteiger partial charge on any atom is 0.263 e. The van der Waals surface area contributed by atoms with Gasteiger partial charge in [-0.1, -0.05) is 25.5 Å². The largest absolute Gasteiger partial charge is 0.378 e. The molecule has 0 aliphatic carbocycles. The first-order chi connectivity index (χ1) is 13.0. The number of anilines is 1. The summed E-state index contributed by atoms with van der Waals surface area (Å²) in [6.45, 7) is 4.23. The van der Waals surface area contributed by atoms with Crippen LogP contribution in [0.15, 0.2) is 29.2 Å². The second-order valence-electron chi connectivity index (χ2n) is 6.19. The maximum atomic E-state index is 12.5. The number of rotatable bonds is 7. The Morgan fingerprint density at radius 1 is 1.26 bits per heavy atom. The number of hydrogen-bond donors (Lipinski definition) is 1. The molecule has 1 amide bonds. The summed E-state index contributed by atoms with van der Waals surface area (Å²) in [5, 5.41) is 0.150. The van der Waals surface area contributed by atoms with Crippen LogP contribution in [-0.2, 0) is 32.4 Å². The van der Waals surface area contributed by atoms with Crippen LogP contribution in [0.4, 0.5) is 5.13 Å². The molecule has 0 bridgehead atoms. The molecule has 1 aliphatic rings. The van der Waals surface area contributed by atoms with Crippen molar-refractivity contribution in [2.24, 2.45) is 0 Å². The van der Waals surface area contributed by atoms with Crippen LogP contribution in [0.5, 0.6) is 0 Å². The molecule has 0 unspecified atom stereocenters. The lowest BCUT2D eigenvalue weighted by Crippen LogP contribution is -2.41. The van der Waals surface area contributed by atoms with Crippen molar-refractivity contribution in [3.8, 4) is 0 Å². The van der Waals surface area contributed by atoms with E-state index in [9.17, 15) is 13.2 Å². The Kier molecular flexibility index (Phi) is 6.40. The zero-order chi connectivity index (χ0) is 19.3. The van der Waals surface area contributed by atoms with Crippen molar-refractivity contribution in [1.82, 2.24) is 14.3 Å². The number of benzene rings is 1. The van der Waals surface area contributed by atoms with Gasteiger partial charge in [0.25, 0.3) is 10.0 Å². The molecule has 2 heterocycles. The van der Waals surface area contributed by atoms with Gasteiger partial charge in [-0.05, 0) is 24.1 Å². The van der Waals surface area contributed by atoms with E-state index in [1.807, 2.05) is 12.1 Å². The molecule has 0 spiro atoms. The summed E-state index contributed by atoms with van der Waals surface area (Å²) in [6.07, 6.45) is 1.95. The van der Waals surface area contributed by atoms with E-state index in [1.165, 1.54) is 0 Å². The number of carbonyl (C=O) groups excluding carboxylic acids is 1. The average Bonchev–Trinajstić information content (AvgIpc) is 3.09. The molecule has 3 rings (SSSR count). The van der Waals surface area contributed by atoms with Gasteiger partial charge in [-0.3, -0.25) is 9.52 Å². The molecular weight excluding hydrogens is 388 g/mol. The fraction of sp³-hybridized carbons (Fsp3) is 0.471. The zero-order valence-electron chi connectivity index (χ0n) is 15.1. The molecule has 8 nitrogen and oxygen atoms in total. The highest BCUT2D eigenvalue weighted by Crippen LogP contribution is 2.19. The first-order valence-electron chi connectivity index (χ1n) is 8.78. The molecular formula is C17H22N4O4S2. The van der Waals surface area contributed by atoms with Crippen LogP contribution in [0.2, 0.25) is 0 Å². The number of hydrogen-bond acceptors (Lipinski definition) is 7. The Hall–Kier alpha value is -2.04. The number of sulfonamides is 1. The Morgan fingerprint density at radius 3 is 2.63 bits per heavy atom. The van der Waals surface area contributed by atoms with Gasteiger partial charge in [0, 0.05) is 24.6 Å². The molecule has 2 aromatic rings. The smallest absolute Gasteiger partial charge is 0.263 e. The van der Waals surface area contributed by atoms with Crippen molar-refractivity contribution in [2.45, 2.75) is 31.1 Å². The van der Waals surface area contributed by atoms with E-state index in [1.54, 1.807) is 17.0 Å². The molecule has 0 saturated carbocycles. The first kappa shape index (κ1) is 19.7. The summed E-state index contributed by atoms with van der Waals surface area (Å²) in [5.41, 5.74) is 1.09. The fourth-order valence-corrected chi connectivity index (χ4v) is 4.53. The lowest BCUT2D eigenvalue weighted by atomic mass is 10.1. The molecule has 10 heteroatoms. The van der Waals surface area contributed by atoms with Crippen LogP contribution in [0.25, 0.3) is 0 Å². The summed E-state index contributed by atoms with van der Waals surface area (Å²) in [5.74, 6) is 0.226. The predicted molar refractivity (Wildman–Crippen MR) is 102 cm³/mol. The Labute approximate surface area is 162 Å². The number of amides is 1. The second-order valence-corrected chi connectivity index (χ2v) is 8.62. The molecule has 0 atom stereocenters. The standard InChI is InChI=1S/C17H22N4O4S2/c1-2-3-13-4-6-14(7-5-13)27(23,24)20-17-18-15(19-26-17)12-16(22)21-8-10-25-11-9-21/h4-7H,2-3,8-12H2,1H3,(H,18,19,20). The zero-order valence-corrected chi connectivity index (χ0v) is 16.7. The third-order valence-electron chi connectivity index (χ3n) is 4.14. The van der Waals surface area contributed by atoms with E-state index in [4.69, 9.17) is 4.74 Å². The molecule has 1 aromatic heterocycles. The minimum absolute atomic E-state index is 0.0456. The predicted octanol–water partition coefficient (Wildman–Crippen LogP) is 1.69. The van der Waals surface area contributed by atoms with Gasteiger partial charge in [0.1, 0.15) is 0 Å². The Bertz CT molecular complexity index is 875. The number of nitrogens with zero attached hydrogens (tertiary/aromatic N) is 3. The SMILES string of the molecule is CCCc1ccc(S(=O)(=O)Nc2nc(CC(=O)N3CCOCC3)ns2)cc1. The van der Waals surface area contributed by atoms with Crippen molar-refractivity contribution in [1.29, 1.82) is 0 Å². The molecule has 1 N–H and O–H groups in total. The Balaban J connectivity index is 1.62. The molecule has 0 radical (unpaired) electrons. The topological polar surface area (TPSA) is 101 Å². The minimum Gasteiger partial charge on any atom is -0.378 e. The van der Waals surface area contributed by atoms with Crippen molar-refractivity contribution in [2.75, 3.05) is 31.0 Å². The van der Waals surface area contributed by atoms with Gasteiger partial charge in [-0.15, -0.1) is 0 Å². The average molecular weight is 411 g/mol. The third kappa shape index (κ3) is 5.24. The van der Waals surface area contributed by atoms with Gasteiger partial charge in [-0.25, -0.2) is 13.4 Å². The van der Waals surface area contributed by atoms with Crippen LogP contribution in [0.1, 0.15) is 24.7 Å². The fourth-order valence-electron chi connectivity index (χ4n) is 2.72. The molecule has 1 fully saturated rings. The Morgan fingerprint density at radius 2 is 1.96 bits per heavy atom. The normalized spacial score (nSPS) is 14.9. The van der Waals surface area contributed by atoms with Crippen LogP contribution in [-0.4, -0.2) is 54.9 Å². The quantitative estimate of drug-likeness (QED) is 0.745. The van der Waals surface area contributed by atoms with E-state index in [0.717, 1.165) is 29.9 Å². The minimum atomic E-state index is -3.73. The lowest BCUT2D eigenvalue weighted by Gasteiger charge is -2.26. The second kappa shape index (κ2) is 8.77. The number of aromatic nitrogens is 2. The van der Waals surface area contributed by atoms with Crippen LogP contribution in [0, 0.1) is 0 Å². The van der Waals surface area contributed by atoms with Gasteiger partial charge < -0.3 is 9.64 Å². The van der Waals surface area contributed by atoms with Gasteiger partial charge in [0.15, 0.2) is 5.82 Å².